The molecule has 0 saturated carbocycles. The summed E-state index contributed by atoms with van der Waals surface area (Å²) >= 11 is 2.90. The third-order valence-corrected chi connectivity index (χ3v) is 6.34. The van der Waals surface area contributed by atoms with Gasteiger partial charge in [0.2, 0.25) is 0 Å². The smallest absolute Gasteiger partial charge is 0.263 e. The molecule has 128 valence electrons. The molecule has 4 nitrogen and oxygen atoms in total. The lowest BCUT2D eigenvalue weighted by molar-refractivity contribution is 0.659. The van der Waals surface area contributed by atoms with E-state index >= 15 is 0 Å². The second-order valence-corrected chi connectivity index (χ2v) is 7.93. The number of nitrogens with zero attached hydrogens (tertiary/aromatic N) is 3. The molecule has 0 aliphatic heterocycles. The summed E-state index contributed by atoms with van der Waals surface area (Å²) in [5, 5.41) is 10.3. The van der Waals surface area contributed by atoms with E-state index in [1.807, 2.05) is 38.1 Å². The largest absolute Gasteiger partial charge is 0.283 e. The van der Waals surface area contributed by atoms with Crippen LogP contribution in [0.4, 0.5) is 0 Å². The molecular weight excluding hydrogens is 350 g/mol. The molecule has 0 N–H and O–H groups in total. The van der Waals surface area contributed by atoms with E-state index in [2.05, 4.69) is 13.0 Å². The lowest BCUT2D eigenvalue weighted by Crippen LogP contribution is -2.24. The molecule has 0 aliphatic carbocycles. The summed E-state index contributed by atoms with van der Waals surface area (Å²) < 4.78 is 1.70. The molecule has 25 heavy (non-hydrogen) atoms. The first-order valence-corrected chi connectivity index (χ1v) is 9.93. The Morgan fingerprint density at radius 1 is 1.28 bits per heavy atom. The molecule has 3 rings (SSSR count). The molecule has 0 atom stereocenters. The number of thiophene rings is 1. The molecule has 3 aromatic rings. The van der Waals surface area contributed by atoms with E-state index in [1.54, 1.807) is 15.9 Å². The summed E-state index contributed by atoms with van der Waals surface area (Å²) in [5.74, 6) is 0.275. The standard InChI is InChI=1S/C19H19N3OS2/c1-4-15-13(3)16-17(25-15)21-19(24-10-9-20)22(18(16)23)11-14-7-5-12(2)6-8-14/h5-8H,4,10-11H2,1-3H3. The van der Waals surface area contributed by atoms with Gasteiger partial charge >= 0.3 is 0 Å². The molecule has 0 amide bonds. The van der Waals surface area contributed by atoms with Crippen molar-refractivity contribution >= 4 is 33.3 Å². The summed E-state index contributed by atoms with van der Waals surface area (Å²) in [4.78, 5) is 19.9. The monoisotopic (exact) mass is 369 g/mol. The molecule has 0 unspecified atom stereocenters. The minimum Gasteiger partial charge on any atom is -0.283 e. The van der Waals surface area contributed by atoms with Crippen molar-refractivity contribution in [2.24, 2.45) is 0 Å². The van der Waals surface area contributed by atoms with Crippen molar-refractivity contribution in [3.63, 3.8) is 0 Å². The van der Waals surface area contributed by atoms with Crippen LogP contribution in [0.15, 0.2) is 34.2 Å². The molecule has 6 heteroatoms. The maximum Gasteiger partial charge on any atom is 0.263 e. The number of hydrogen-bond acceptors (Lipinski definition) is 5. The summed E-state index contributed by atoms with van der Waals surface area (Å²) in [6.07, 6.45) is 0.894. The van der Waals surface area contributed by atoms with Crippen LogP contribution in [-0.4, -0.2) is 15.3 Å². The lowest BCUT2D eigenvalue weighted by atomic mass is 10.1. The molecule has 0 fully saturated rings. The quantitative estimate of drug-likeness (QED) is 0.497. The van der Waals surface area contributed by atoms with Gasteiger partial charge in [-0.1, -0.05) is 48.5 Å². The first-order valence-electron chi connectivity index (χ1n) is 8.13. The predicted molar refractivity (Wildman–Crippen MR) is 105 cm³/mol. The fraction of sp³-hybridized carbons (Fsp3) is 0.316. The average molecular weight is 370 g/mol. The number of rotatable bonds is 5. The highest BCUT2D eigenvalue weighted by atomic mass is 32.2. The Kier molecular flexibility index (Phi) is 5.26. The zero-order valence-electron chi connectivity index (χ0n) is 14.5. The van der Waals surface area contributed by atoms with Crippen LogP contribution in [-0.2, 0) is 13.0 Å². The van der Waals surface area contributed by atoms with Crippen LogP contribution >= 0.6 is 23.1 Å². The first kappa shape index (κ1) is 17.7. The third-order valence-electron chi connectivity index (χ3n) is 4.16. The molecule has 0 aliphatic rings. The van der Waals surface area contributed by atoms with Crippen LogP contribution < -0.4 is 5.56 Å². The van der Waals surface area contributed by atoms with Crippen LogP contribution in [0.1, 0.15) is 28.5 Å². The zero-order valence-corrected chi connectivity index (χ0v) is 16.1. The van der Waals surface area contributed by atoms with Crippen LogP contribution in [0.5, 0.6) is 0 Å². The van der Waals surface area contributed by atoms with Gasteiger partial charge in [0.05, 0.1) is 23.8 Å². The second-order valence-electron chi connectivity index (χ2n) is 5.90. The topological polar surface area (TPSA) is 58.7 Å². The SMILES string of the molecule is CCc1sc2nc(SCC#N)n(Cc3ccc(C)cc3)c(=O)c2c1C. The van der Waals surface area contributed by atoms with Crippen LogP contribution in [0.2, 0.25) is 0 Å². The number of thioether (sulfide) groups is 1. The molecule has 1 aromatic carbocycles. The Labute approximate surface area is 155 Å². The zero-order chi connectivity index (χ0) is 18.0. The Hall–Kier alpha value is -2.10. The van der Waals surface area contributed by atoms with Crippen molar-refractivity contribution in [3.8, 4) is 6.07 Å². The van der Waals surface area contributed by atoms with Gasteiger partial charge in [0.15, 0.2) is 5.16 Å². The Morgan fingerprint density at radius 3 is 2.64 bits per heavy atom. The lowest BCUT2D eigenvalue weighted by Gasteiger charge is -2.11. The number of aromatic nitrogens is 2. The van der Waals surface area contributed by atoms with Crippen LogP contribution in [0, 0.1) is 25.2 Å². The van der Waals surface area contributed by atoms with E-state index < -0.39 is 0 Å². The Morgan fingerprint density at radius 2 is 2.00 bits per heavy atom. The first-order chi connectivity index (χ1) is 12.0. The van der Waals surface area contributed by atoms with Crippen molar-refractivity contribution in [1.82, 2.24) is 9.55 Å². The summed E-state index contributed by atoms with van der Waals surface area (Å²) in [6.45, 7) is 6.60. The van der Waals surface area contributed by atoms with Crippen LogP contribution in [0.3, 0.4) is 0 Å². The number of benzene rings is 1. The number of aryl methyl sites for hydroxylation is 3. The van der Waals surface area contributed by atoms with Crippen molar-refractivity contribution in [2.75, 3.05) is 5.75 Å². The fourth-order valence-electron chi connectivity index (χ4n) is 2.80. The van der Waals surface area contributed by atoms with Crippen molar-refractivity contribution in [1.29, 1.82) is 5.26 Å². The summed E-state index contributed by atoms with van der Waals surface area (Å²) in [7, 11) is 0. The summed E-state index contributed by atoms with van der Waals surface area (Å²) in [5.41, 5.74) is 3.26. The molecule has 2 heterocycles. The maximum absolute atomic E-state index is 13.2. The van der Waals surface area contributed by atoms with Gasteiger partial charge in [-0.05, 0) is 31.4 Å². The normalized spacial score (nSPS) is 11.0. The van der Waals surface area contributed by atoms with Crippen LogP contribution in [0.25, 0.3) is 10.2 Å². The highest BCUT2D eigenvalue weighted by Gasteiger charge is 2.17. The fourth-order valence-corrected chi connectivity index (χ4v) is 4.62. The average Bonchev–Trinajstić information content (AvgIpc) is 2.93. The molecular formula is C19H19N3OS2. The molecule has 0 radical (unpaired) electrons. The third kappa shape index (κ3) is 3.48. The molecule has 0 spiro atoms. The van der Waals surface area contributed by atoms with Gasteiger partial charge in [-0.3, -0.25) is 9.36 Å². The van der Waals surface area contributed by atoms with E-state index in [0.717, 1.165) is 27.8 Å². The Bertz CT molecular complexity index is 1010. The highest BCUT2D eigenvalue weighted by molar-refractivity contribution is 7.99. The van der Waals surface area contributed by atoms with Gasteiger partial charge in [0.25, 0.3) is 5.56 Å². The predicted octanol–water partition coefficient (Wildman–Crippen LogP) is 4.30. The summed E-state index contributed by atoms with van der Waals surface area (Å²) in [6, 6.07) is 10.3. The van der Waals surface area contributed by atoms with Gasteiger partial charge in [0, 0.05) is 4.88 Å². The highest BCUT2D eigenvalue weighted by Crippen LogP contribution is 2.29. The number of hydrogen-bond donors (Lipinski definition) is 0. The maximum atomic E-state index is 13.2. The minimum absolute atomic E-state index is 0.0144. The van der Waals surface area contributed by atoms with E-state index in [1.165, 1.54) is 22.2 Å². The molecule has 0 saturated heterocycles. The van der Waals surface area contributed by atoms with E-state index in [-0.39, 0.29) is 11.3 Å². The van der Waals surface area contributed by atoms with E-state index in [4.69, 9.17) is 10.2 Å². The van der Waals surface area contributed by atoms with Crippen molar-refractivity contribution in [2.45, 2.75) is 38.9 Å². The van der Waals surface area contributed by atoms with Gasteiger partial charge in [-0.2, -0.15) is 5.26 Å². The van der Waals surface area contributed by atoms with E-state index in [0.29, 0.717) is 11.7 Å². The minimum atomic E-state index is -0.0144. The molecule has 2 aromatic heterocycles. The molecule has 0 bridgehead atoms. The number of nitriles is 1. The van der Waals surface area contributed by atoms with Crippen molar-refractivity contribution < 1.29 is 0 Å². The van der Waals surface area contributed by atoms with Gasteiger partial charge in [-0.25, -0.2) is 4.98 Å². The second kappa shape index (κ2) is 7.42. The van der Waals surface area contributed by atoms with Gasteiger partial charge in [0.1, 0.15) is 4.83 Å². The van der Waals surface area contributed by atoms with Gasteiger partial charge < -0.3 is 0 Å². The van der Waals surface area contributed by atoms with Gasteiger partial charge in [-0.15, -0.1) is 11.3 Å². The van der Waals surface area contributed by atoms with Crippen molar-refractivity contribution in [3.05, 3.63) is 56.2 Å². The van der Waals surface area contributed by atoms with E-state index in [9.17, 15) is 4.79 Å². The number of fused-ring (bicyclic) bond motifs is 1. The Balaban J connectivity index is 2.17.